The fourth-order valence-electron chi connectivity index (χ4n) is 3.25. The van der Waals surface area contributed by atoms with Gasteiger partial charge in [-0.3, -0.25) is 4.57 Å². The molecule has 3 aromatic heterocycles. The van der Waals surface area contributed by atoms with Crippen molar-refractivity contribution in [3.63, 3.8) is 0 Å². The summed E-state index contributed by atoms with van der Waals surface area (Å²) in [6, 6.07) is 6.08. The van der Waals surface area contributed by atoms with Gasteiger partial charge in [-0.1, -0.05) is 6.07 Å². The summed E-state index contributed by atoms with van der Waals surface area (Å²) < 4.78 is 4.31. The van der Waals surface area contributed by atoms with Gasteiger partial charge >= 0.3 is 0 Å². The number of nitrogens with zero attached hydrogens (tertiary/aromatic N) is 4. The third-order valence-corrected chi connectivity index (χ3v) is 4.25. The molecule has 0 saturated heterocycles. The molecule has 3 aromatic rings. The minimum atomic E-state index is 0.618. The summed E-state index contributed by atoms with van der Waals surface area (Å²) in [4.78, 5) is 9.40. The van der Waals surface area contributed by atoms with Crippen LogP contribution in [0.15, 0.2) is 30.7 Å². The summed E-state index contributed by atoms with van der Waals surface area (Å²) in [7, 11) is 0. The Bertz CT molecular complexity index is 783. The highest BCUT2D eigenvalue weighted by molar-refractivity contribution is 5.50. The molecule has 2 N–H and O–H groups in total. The van der Waals surface area contributed by atoms with Crippen molar-refractivity contribution in [1.82, 2.24) is 18.9 Å². The van der Waals surface area contributed by atoms with Gasteiger partial charge in [0.25, 0.3) is 0 Å². The number of nitrogens with two attached hydrogens (primary N) is 1. The first-order valence-corrected chi connectivity index (χ1v) is 7.60. The first kappa shape index (κ1) is 12.6. The SMILES string of the molecule is NCCc1c(-n2cnc3c2CCCC3)nc2ccccn12. The van der Waals surface area contributed by atoms with Gasteiger partial charge in [0.15, 0.2) is 5.82 Å². The highest BCUT2D eigenvalue weighted by atomic mass is 15.2. The molecular formula is C16H19N5. The van der Waals surface area contributed by atoms with E-state index in [0.717, 1.165) is 30.7 Å². The molecule has 5 nitrogen and oxygen atoms in total. The van der Waals surface area contributed by atoms with Crippen molar-refractivity contribution in [3.8, 4) is 5.82 Å². The van der Waals surface area contributed by atoms with E-state index in [0.29, 0.717) is 6.54 Å². The summed E-state index contributed by atoms with van der Waals surface area (Å²) in [5, 5.41) is 0. The lowest BCUT2D eigenvalue weighted by atomic mass is 10.0. The van der Waals surface area contributed by atoms with Gasteiger partial charge in [0.1, 0.15) is 12.0 Å². The number of imidazole rings is 2. The van der Waals surface area contributed by atoms with Gasteiger partial charge < -0.3 is 10.1 Å². The van der Waals surface area contributed by atoms with Crippen molar-refractivity contribution in [1.29, 1.82) is 0 Å². The van der Waals surface area contributed by atoms with Crippen LogP contribution in [0.3, 0.4) is 0 Å². The molecule has 5 heteroatoms. The first-order chi connectivity index (χ1) is 10.4. The predicted molar refractivity (Wildman–Crippen MR) is 81.7 cm³/mol. The summed E-state index contributed by atoms with van der Waals surface area (Å²) in [6.07, 6.45) is 9.45. The zero-order valence-electron chi connectivity index (χ0n) is 12.0. The van der Waals surface area contributed by atoms with Crippen molar-refractivity contribution in [2.45, 2.75) is 32.1 Å². The summed E-state index contributed by atoms with van der Waals surface area (Å²) in [6.45, 7) is 0.618. The number of pyridine rings is 1. The van der Waals surface area contributed by atoms with Crippen LogP contribution in [0.4, 0.5) is 0 Å². The van der Waals surface area contributed by atoms with Crippen LogP contribution in [-0.4, -0.2) is 25.5 Å². The number of aryl methyl sites for hydroxylation is 1. The molecule has 0 unspecified atom stereocenters. The Labute approximate surface area is 123 Å². The Balaban J connectivity index is 1.93. The molecule has 1 aliphatic carbocycles. The van der Waals surface area contributed by atoms with Crippen LogP contribution >= 0.6 is 0 Å². The predicted octanol–water partition coefficient (Wildman–Crippen LogP) is 1.90. The van der Waals surface area contributed by atoms with E-state index in [1.165, 1.54) is 29.9 Å². The molecule has 0 bridgehead atoms. The standard InChI is InChI=1S/C16H19N5/c17-9-8-14-16(19-15-7-3-4-10-20(14)15)21-11-18-12-5-1-2-6-13(12)21/h3-4,7,10-11H,1-2,5-6,8-9,17H2. The highest BCUT2D eigenvalue weighted by Crippen LogP contribution is 2.25. The molecule has 0 atom stereocenters. The van der Waals surface area contributed by atoms with E-state index in [4.69, 9.17) is 10.7 Å². The molecule has 0 spiro atoms. The molecule has 0 aromatic carbocycles. The zero-order chi connectivity index (χ0) is 14.2. The monoisotopic (exact) mass is 281 g/mol. The molecule has 4 rings (SSSR count). The van der Waals surface area contributed by atoms with Gasteiger partial charge in [-0.05, 0) is 44.4 Å². The zero-order valence-corrected chi connectivity index (χ0v) is 12.0. The van der Waals surface area contributed by atoms with Crippen molar-refractivity contribution in [2.24, 2.45) is 5.73 Å². The minimum Gasteiger partial charge on any atom is -0.330 e. The van der Waals surface area contributed by atoms with E-state index in [1.54, 1.807) is 0 Å². The van der Waals surface area contributed by atoms with Crippen LogP contribution in [0, 0.1) is 0 Å². The molecule has 1 aliphatic rings. The molecule has 0 radical (unpaired) electrons. The average molecular weight is 281 g/mol. The summed E-state index contributed by atoms with van der Waals surface area (Å²) in [5.41, 5.74) is 10.5. The second-order valence-corrected chi connectivity index (χ2v) is 5.56. The third kappa shape index (κ3) is 1.96. The number of hydrogen-bond acceptors (Lipinski definition) is 3. The van der Waals surface area contributed by atoms with E-state index in [9.17, 15) is 0 Å². The smallest absolute Gasteiger partial charge is 0.160 e. The largest absolute Gasteiger partial charge is 0.330 e. The lowest BCUT2D eigenvalue weighted by Gasteiger charge is -2.13. The topological polar surface area (TPSA) is 61.1 Å². The van der Waals surface area contributed by atoms with Crippen molar-refractivity contribution < 1.29 is 0 Å². The maximum Gasteiger partial charge on any atom is 0.160 e. The first-order valence-electron chi connectivity index (χ1n) is 7.60. The molecule has 3 heterocycles. The van der Waals surface area contributed by atoms with Crippen LogP contribution in [0.2, 0.25) is 0 Å². The fraction of sp³-hybridized carbons (Fsp3) is 0.375. The molecule has 0 aliphatic heterocycles. The quantitative estimate of drug-likeness (QED) is 0.797. The van der Waals surface area contributed by atoms with Gasteiger partial charge in [-0.25, -0.2) is 9.97 Å². The average Bonchev–Trinajstić information content (AvgIpc) is 3.09. The second kappa shape index (κ2) is 5.00. The number of aromatic nitrogens is 4. The molecule has 0 amide bonds. The van der Waals surface area contributed by atoms with E-state index < -0.39 is 0 Å². The minimum absolute atomic E-state index is 0.618. The second-order valence-electron chi connectivity index (χ2n) is 5.56. The van der Waals surface area contributed by atoms with Crippen LogP contribution in [-0.2, 0) is 19.3 Å². The van der Waals surface area contributed by atoms with Crippen molar-refractivity contribution >= 4 is 5.65 Å². The number of hydrogen-bond donors (Lipinski definition) is 1. The molecule has 0 saturated carbocycles. The van der Waals surface area contributed by atoms with E-state index >= 15 is 0 Å². The van der Waals surface area contributed by atoms with Crippen molar-refractivity contribution in [3.05, 3.63) is 47.8 Å². The Hall–Kier alpha value is -2.14. The maximum absolute atomic E-state index is 5.80. The van der Waals surface area contributed by atoms with Crippen LogP contribution in [0.5, 0.6) is 0 Å². The molecule has 108 valence electrons. The Morgan fingerprint density at radius 2 is 2.10 bits per heavy atom. The van der Waals surface area contributed by atoms with Gasteiger partial charge in [-0.2, -0.15) is 0 Å². The summed E-state index contributed by atoms with van der Waals surface area (Å²) in [5.74, 6) is 0.988. The van der Waals surface area contributed by atoms with Crippen LogP contribution in [0.25, 0.3) is 11.5 Å². The van der Waals surface area contributed by atoms with Gasteiger partial charge in [0.05, 0.1) is 11.4 Å². The van der Waals surface area contributed by atoms with E-state index in [1.807, 2.05) is 24.5 Å². The molecule has 0 fully saturated rings. The van der Waals surface area contributed by atoms with Gasteiger partial charge in [-0.15, -0.1) is 0 Å². The van der Waals surface area contributed by atoms with Crippen molar-refractivity contribution in [2.75, 3.05) is 6.54 Å². The van der Waals surface area contributed by atoms with Crippen LogP contribution < -0.4 is 5.73 Å². The summed E-state index contributed by atoms with van der Waals surface area (Å²) >= 11 is 0. The third-order valence-electron chi connectivity index (χ3n) is 4.25. The molecule has 21 heavy (non-hydrogen) atoms. The van der Waals surface area contributed by atoms with E-state index in [2.05, 4.69) is 20.1 Å². The Kier molecular flexibility index (Phi) is 3.00. The molecular weight excluding hydrogens is 262 g/mol. The van der Waals surface area contributed by atoms with E-state index in [-0.39, 0.29) is 0 Å². The Morgan fingerprint density at radius 3 is 3.00 bits per heavy atom. The van der Waals surface area contributed by atoms with Crippen LogP contribution in [0.1, 0.15) is 29.9 Å². The van der Waals surface area contributed by atoms with Gasteiger partial charge in [0, 0.05) is 18.3 Å². The Morgan fingerprint density at radius 1 is 1.19 bits per heavy atom. The highest BCUT2D eigenvalue weighted by Gasteiger charge is 2.20. The normalized spacial score (nSPS) is 14.5. The number of rotatable bonds is 3. The fourth-order valence-corrected chi connectivity index (χ4v) is 3.25. The maximum atomic E-state index is 5.80. The lowest BCUT2D eigenvalue weighted by molar-refractivity contribution is 0.653. The number of fused-ring (bicyclic) bond motifs is 2. The van der Waals surface area contributed by atoms with Gasteiger partial charge in [0.2, 0.25) is 0 Å². The lowest BCUT2D eigenvalue weighted by Crippen LogP contribution is -2.11.